The molecule has 0 radical (unpaired) electrons. The van der Waals surface area contributed by atoms with Gasteiger partial charge in [0, 0.05) is 29.8 Å². The minimum Gasteiger partial charge on any atom is -0.480 e. The van der Waals surface area contributed by atoms with Gasteiger partial charge in [-0.2, -0.15) is 4.98 Å². The molecule has 1 atom stereocenters. The van der Waals surface area contributed by atoms with E-state index < -0.39 is 17.9 Å². The molecule has 9 heteroatoms. The van der Waals surface area contributed by atoms with E-state index in [1.54, 1.807) is 48.7 Å². The molecule has 2 N–H and O–H groups in total. The van der Waals surface area contributed by atoms with Crippen molar-refractivity contribution >= 4 is 11.9 Å². The smallest absolute Gasteiger partial charge is 0.326 e. The fourth-order valence-electron chi connectivity index (χ4n) is 4.52. The fraction of sp³-hybridized carbons (Fsp3) is 0.382. The number of carboxylic acid groups (broad SMARTS) is 1. The predicted molar refractivity (Wildman–Crippen MR) is 165 cm³/mol. The van der Waals surface area contributed by atoms with E-state index in [0.29, 0.717) is 40.9 Å². The summed E-state index contributed by atoms with van der Waals surface area (Å²) in [5.74, 6) is -0.245. The van der Waals surface area contributed by atoms with Crippen LogP contribution in [0, 0.1) is 0 Å². The number of amides is 1. The lowest BCUT2D eigenvalue weighted by Crippen LogP contribution is -2.42. The number of carbonyl (C=O) groups is 2. The molecule has 1 unspecified atom stereocenters. The van der Waals surface area contributed by atoms with Gasteiger partial charge in [0.1, 0.15) is 6.04 Å². The monoisotopic (exact) mass is 584 g/mol. The highest BCUT2D eigenvalue weighted by Crippen LogP contribution is 2.24. The summed E-state index contributed by atoms with van der Waals surface area (Å²) in [5, 5.41) is 16.5. The summed E-state index contributed by atoms with van der Waals surface area (Å²) < 4.78 is 11.2. The van der Waals surface area contributed by atoms with Crippen LogP contribution in [0.5, 0.6) is 5.88 Å². The number of nitrogens with one attached hydrogen (secondary N) is 1. The fourth-order valence-corrected chi connectivity index (χ4v) is 4.52. The molecule has 0 aliphatic carbocycles. The number of hydrogen-bond acceptors (Lipinski definition) is 7. The van der Waals surface area contributed by atoms with Crippen molar-refractivity contribution in [1.29, 1.82) is 0 Å². The lowest BCUT2D eigenvalue weighted by molar-refractivity contribution is -0.139. The maximum Gasteiger partial charge on any atom is 0.326 e. The molecule has 9 nitrogen and oxygen atoms in total. The zero-order valence-corrected chi connectivity index (χ0v) is 25.3. The van der Waals surface area contributed by atoms with Crippen LogP contribution in [-0.2, 0) is 16.6 Å². The van der Waals surface area contributed by atoms with Gasteiger partial charge in [-0.25, -0.2) is 9.78 Å². The minimum absolute atomic E-state index is 0.0429. The van der Waals surface area contributed by atoms with Gasteiger partial charge in [-0.05, 0) is 41.2 Å². The third kappa shape index (κ3) is 8.98. The number of nitrogens with zero attached hydrogens (tertiary/aromatic N) is 3. The standard InChI is InChI=1S/C34H40N4O5/c1-5-6-7-8-9-20-42-29-19-16-26(22-35-29)32-37-30(38-43-32)24-12-10-23(11-13-24)21-28(33(40)41)36-31(39)25-14-17-27(18-15-25)34(2,3)4/h10-19,22,28H,5-9,20-21H2,1-4H3,(H,36,39)(H,40,41). The molecule has 4 aromatic rings. The Morgan fingerprint density at radius 3 is 2.26 bits per heavy atom. The Kier molecular flexibility index (Phi) is 10.6. The number of benzene rings is 2. The molecule has 0 bridgehead atoms. The zero-order chi connectivity index (χ0) is 30.8. The van der Waals surface area contributed by atoms with E-state index >= 15 is 0 Å². The quantitative estimate of drug-likeness (QED) is 0.154. The molecule has 4 rings (SSSR count). The van der Waals surface area contributed by atoms with Crippen molar-refractivity contribution in [1.82, 2.24) is 20.4 Å². The minimum atomic E-state index is -1.11. The topological polar surface area (TPSA) is 127 Å². The highest BCUT2D eigenvalue weighted by Gasteiger charge is 2.22. The van der Waals surface area contributed by atoms with E-state index in [-0.39, 0.29) is 11.8 Å². The number of carbonyl (C=O) groups excluding carboxylic acids is 1. The van der Waals surface area contributed by atoms with Crippen molar-refractivity contribution in [3.8, 4) is 28.7 Å². The molecule has 0 saturated heterocycles. The molecule has 2 aromatic heterocycles. The number of hydrogen-bond donors (Lipinski definition) is 2. The highest BCUT2D eigenvalue weighted by atomic mass is 16.5. The van der Waals surface area contributed by atoms with Crippen LogP contribution in [-0.4, -0.2) is 44.8 Å². The average Bonchev–Trinajstić information content (AvgIpc) is 3.49. The van der Waals surface area contributed by atoms with Crippen LogP contribution in [0.25, 0.3) is 22.8 Å². The average molecular weight is 585 g/mol. The molecule has 226 valence electrons. The number of unbranched alkanes of at least 4 members (excludes halogenated alkanes) is 4. The number of carboxylic acids is 1. The molecule has 0 saturated carbocycles. The van der Waals surface area contributed by atoms with Gasteiger partial charge < -0.3 is 19.7 Å². The van der Waals surface area contributed by atoms with E-state index in [0.717, 1.165) is 24.0 Å². The van der Waals surface area contributed by atoms with Gasteiger partial charge in [-0.1, -0.05) is 94.9 Å². The highest BCUT2D eigenvalue weighted by molar-refractivity contribution is 5.96. The van der Waals surface area contributed by atoms with E-state index in [1.807, 2.05) is 18.2 Å². The Balaban J connectivity index is 1.33. The Hall–Kier alpha value is -4.53. The van der Waals surface area contributed by atoms with Gasteiger partial charge in [-0.3, -0.25) is 4.79 Å². The predicted octanol–water partition coefficient (Wildman–Crippen LogP) is 6.87. The maximum atomic E-state index is 12.8. The zero-order valence-electron chi connectivity index (χ0n) is 25.3. The first-order valence-electron chi connectivity index (χ1n) is 14.8. The first-order chi connectivity index (χ1) is 20.6. The first kappa shape index (κ1) is 31.4. The van der Waals surface area contributed by atoms with Crippen LogP contribution in [0.3, 0.4) is 0 Å². The third-order valence-electron chi connectivity index (χ3n) is 7.18. The summed E-state index contributed by atoms with van der Waals surface area (Å²) in [7, 11) is 0. The lowest BCUT2D eigenvalue weighted by Gasteiger charge is -2.19. The van der Waals surface area contributed by atoms with Crippen molar-refractivity contribution < 1.29 is 24.0 Å². The molecule has 2 heterocycles. The van der Waals surface area contributed by atoms with Gasteiger partial charge in [0.15, 0.2) is 0 Å². The molecular formula is C34H40N4O5. The summed E-state index contributed by atoms with van der Waals surface area (Å²) in [6.45, 7) is 9.11. The number of ether oxygens (including phenoxy) is 1. The maximum absolute atomic E-state index is 12.8. The molecular weight excluding hydrogens is 544 g/mol. The molecule has 43 heavy (non-hydrogen) atoms. The van der Waals surface area contributed by atoms with Crippen LogP contribution < -0.4 is 10.1 Å². The van der Waals surface area contributed by atoms with Crippen LogP contribution in [0.1, 0.15) is 81.3 Å². The van der Waals surface area contributed by atoms with Crippen molar-refractivity contribution in [2.75, 3.05) is 6.61 Å². The third-order valence-corrected chi connectivity index (χ3v) is 7.18. The summed E-state index contributed by atoms with van der Waals surface area (Å²) in [4.78, 5) is 33.5. The second kappa shape index (κ2) is 14.6. The van der Waals surface area contributed by atoms with Crippen LogP contribution >= 0.6 is 0 Å². The van der Waals surface area contributed by atoms with Crippen LogP contribution in [0.15, 0.2) is 71.4 Å². The van der Waals surface area contributed by atoms with Gasteiger partial charge in [0.2, 0.25) is 11.7 Å². The summed E-state index contributed by atoms with van der Waals surface area (Å²) in [5.41, 5.74) is 3.60. The number of rotatable bonds is 14. The van der Waals surface area contributed by atoms with E-state index in [4.69, 9.17) is 9.26 Å². The van der Waals surface area contributed by atoms with Crippen molar-refractivity contribution in [2.24, 2.45) is 0 Å². The van der Waals surface area contributed by atoms with Crippen LogP contribution in [0.2, 0.25) is 0 Å². The number of aliphatic carboxylic acids is 1. The molecule has 0 aliphatic rings. The Morgan fingerprint density at radius 2 is 1.63 bits per heavy atom. The van der Waals surface area contributed by atoms with Crippen LogP contribution in [0.4, 0.5) is 0 Å². The van der Waals surface area contributed by atoms with Gasteiger partial charge >= 0.3 is 5.97 Å². The largest absolute Gasteiger partial charge is 0.480 e. The molecule has 0 spiro atoms. The summed E-state index contributed by atoms with van der Waals surface area (Å²) in [6.07, 6.45) is 7.62. The number of pyridine rings is 1. The van der Waals surface area contributed by atoms with Gasteiger partial charge in [0.25, 0.3) is 11.8 Å². The second-order valence-corrected chi connectivity index (χ2v) is 11.7. The Morgan fingerprint density at radius 1 is 0.930 bits per heavy atom. The number of aromatic nitrogens is 3. The molecule has 1 amide bonds. The van der Waals surface area contributed by atoms with E-state index in [1.165, 1.54) is 19.3 Å². The van der Waals surface area contributed by atoms with Crippen molar-refractivity contribution in [3.63, 3.8) is 0 Å². The Labute approximate surface area is 252 Å². The Bertz CT molecular complexity index is 1470. The van der Waals surface area contributed by atoms with Crippen molar-refractivity contribution in [2.45, 2.75) is 77.7 Å². The van der Waals surface area contributed by atoms with Gasteiger partial charge in [-0.15, -0.1) is 0 Å². The lowest BCUT2D eigenvalue weighted by atomic mass is 9.86. The molecule has 2 aromatic carbocycles. The molecule has 0 aliphatic heterocycles. The second-order valence-electron chi connectivity index (χ2n) is 11.7. The van der Waals surface area contributed by atoms with Crippen molar-refractivity contribution in [3.05, 3.63) is 83.6 Å². The summed E-state index contributed by atoms with van der Waals surface area (Å²) in [6, 6.07) is 16.9. The van der Waals surface area contributed by atoms with Gasteiger partial charge in [0.05, 0.1) is 12.2 Å². The first-order valence-corrected chi connectivity index (χ1v) is 14.8. The SMILES string of the molecule is CCCCCCCOc1ccc(-c2nc(-c3ccc(CC(NC(=O)c4ccc(C(C)(C)C)cc4)C(=O)O)cc3)no2)cn1. The van der Waals surface area contributed by atoms with E-state index in [9.17, 15) is 14.7 Å². The summed E-state index contributed by atoms with van der Waals surface area (Å²) >= 11 is 0. The normalized spacial score (nSPS) is 12.1. The van der Waals surface area contributed by atoms with E-state index in [2.05, 4.69) is 48.1 Å². The molecule has 0 fully saturated rings.